The van der Waals surface area contributed by atoms with E-state index in [4.69, 9.17) is 4.98 Å². The van der Waals surface area contributed by atoms with Gasteiger partial charge in [0.25, 0.3) is 0 Å². The highest BCUT2D eigenvalue weighted by atomic mass is 32.1. The summed E-state index contributed by atoms with van der Waals surface area (Å²) in [4.78, 5) is 19.7. The Morgan fingerprint density at radius 2 is 1.74 bits per heavy atom. The van der Waals surface area contributed by atoms with Crippen LogP contribution in [0.1, 0.15) is 35.0 Å². The quantitative estimate of drug-likeness (QED) is 0.398. The average molecular weight is 424 g/mol. The maximum atomic E-state index is 13.1. The molecule has 1 unspecified atom stereocenters. The number of para-hydroxylation sites is 1. The first-order chi connectivity index (χ1) is 15.3. The summed E-state index contributed by atoms with van der Waals surface area (Å²) in [5.74, 6) is 6.33. The topological polar surface area (TPSA) is 45.2 Å². The van der Waals surface area contributed by atoms with Crippen molar-refractivity contribution in [3.63, 3.8) is 0 Å². The van der Waals surface area contributed by atoms with Crippen LogP contribution >= 0.6 is 11.3 Å². The van der Waals surface area contributed by atoms with Crippen LogP contribution in [0.5, 0.6) is 0 Å². The second-order valence-electron chi connectivity index (χ2n) is 7.50. The molecule has 1 fully saturated rings. The number of carbonyl (C=O) groups is 1. The highest BCUT2D eigenvalue weighted by Gasteiger charge is 2.32. The zero-order valence-corrected chi connectivity index (χ0v) is 17.7. The average Bonchev–Trinajstić information content (AvgIpc) is 3.45. The Morgan fingerprint density at radius 1 is 0.968 bits per heavy atom. The standard InChI is InChI=1S/C26H21N3OS/c30-26(27-21-11-6-10-20(18-21)16-15-19-8-2-1-3-9-19)29-17-7-13-23(29)25-28-22-12-4-5-14-24(22)31-25/h1-6,8-12,14,18,23H,7,13,17H2,(H,27,30). The van der Waals surface area contributed by atoms with Gasteiger partial charge in [-0.2, -0.15) is 0 Å². The lowest BCUT2D eigenvalue weighted by Crippen LogP contribution is -2.34. The van der Waals surface area contributed by atoms with E-state index in [9.17, 15) is 4.79 Å². The molecule has 4 nitrogen and oxygen atoms in total. The first-order valence-electron chi connectivity index (χ1n) is 10.4. The minimum absolute atomic E-state index is 0.0263. The molecular weight excluding hydrogens is 402 g/mol. The van der Waals surface area contributed by atoms with Crippen molar-refractivity contribution in [2.24, 2.45) is 0 Å². The smallest absolute Gasteiger partial charge is 0.315 e. The normalized spacial score (nSPS) is 15.5. The molecule has 152 valence electrons. The van der Waals surface area contributed by atoms with Gasteiger partial charge in [-0.25, -0.2) is 9.78 Å². The molecule has 0 aliphatic carbocycles. The highest BCUT2D eigenvalue weighted by Crippen LogP contribution is 2.36. The van der Waals surface area contributed by atoms with Gasteiger partial charge in [0.2, 0.25) is 0 Å². The van der Waals surface area contributed by atoms with Crippen molar-refractivity contribution < 1.29 is 4.79 Å². The van der Waals surface area contributed by atoms with Gasteiger partial charge in [0.05, 0.1) is 16.3 Å². The van der Waals surface area contributed by atoms with Crippen LogP contribution in [-0.2, 0) is 0 Å². The van der Waals surface area contributed by atoms with E-state index in [0.717, 1.165) is 51.4 Å². The molecule has 0 radical (unpaired) electrons. The van der Waals surface area contributed by atoms with Crippen LogP contribution in [0.15, 0.2) is 78.9 Å². The number of thiazole rings is 1. The summed E-state index contributed by atoms with van der Waals surface area (Å²) in [5, 5.41) is 4.06. The number of aromatic nitrogens is 1. The van der Waals surface area contributed by atoms with Crippen molar-refractivity contribution in [3.05, 3.63) is 95.0 Å². The first-order valence-corrected chi connectivity index (χ1v) is 11.2. The largest absolute Gasteiger partial charge is 0.322 e. The molecule has 0 saturated carbocycles. The number of fused-ring (bicyclic) bond motifs is 1. The maximum absolute atomic E-state index is 13.1. The summed E-state index contributed by atoms with van der Waals surface area (Å²) in [6.45, 7) is 0.736. The number of carbonyl (C=O) groups excluding carboxylic acids is 1. The Bertz CT molecular complexity index is 1250. The predicted molar refractivity (Wildman–Crippen MR) is 126 cm³/mol. The molecule has 2 amide bonds. The van der Waals surface area contributed by atoms with E-state index in [0.29, 0.717) is 0 Å². The highest BCUT2D eigenvalue weighted by molar-refractivity contribution is 7.18. The van der Waals surface area contributed by atoms with Crippen LogP contribution in [0.25, 0.3) is 10.2 Å². The molecule has 1 saturated heterocycles. The van der Waals surface area contributed by atoms with Gasteiger partial charge in [0.15, 0.2) is 0 Å². The molecule has 2 heterocycles. The van der Waals surface area contributed by atoms with E-state index < -0.39 is 0 Å². The van der Waals surface area contributed by atoms with Crippen molar-refractivity contribution in [1.82, 2.24) is 9.88 Å². The van der Waals surface area contributed by atoms with Gasteiger partial charge in [-0.15, -0.1) is 11.3 Å². The summed E-state index contributed by atoms with van der Waals surface area (Å²) in [5.41, 5.74) is 3.58. The van der Waals surface area contributed by atoms with Gasteiger partial charge in [-0.1, -0.05) is 48.2 Å². The van der Waals surface area contributed by atoms with Gasteiger partial charge in [-0.3, -0.25) is 0 Å². The molecule has 31 heavy (non-hydrogen) atoms. The number of nitrogens with one attached hydrogen (secondary N) is 1. The van der Waals surface area contributed by atoms with Crippen molar-refractivity contribution >= 4 is 33.3 Å². The van der Waals surface area contributed by atoms with E-state index in [1.165, 1.54) is 0 Å². The number of amides is 2. The molecule has 1 aliphatic rings. The van der Waals surface area contributed by atoms with E-state index in [-0.39, 0.29) is 12.1 Å². The van der Waals surface area contributed by atoms with Crippen LogP contribution in [0.3, 0.4) is 0 Å². The fourth-order valence-electron chi connectivity index (χ4n) is 3.83. The molecule has 5 rings (SSSR count). The number of rotatable bonds is 2. The molecule has 5 heteroatoms. The van der Waals surface area contributed by atoms with E-state index in [2.05, 4.69) is 23.2 Å². The van der Waals surface area contributed by atoms with E-state index in [1.807, 2.05) is 77.7 Å². The van der Waals surface area contributed by atoms with Crippen molar-refractivity contribution in [2.45, 2.75) is 18.9 Å². The minimum Gasteiger partial charge on any atom is -0.315 e. The summed E-state index contributed by atoms with van der Waals surface area (Å²) in [7, 11) is 0. The van der Waals surface area contributed by atoms with E-state index in [1.54, 1.807) is 11.3 Å². The van der Waals surface area contributed by atoms with Gasteiger partial charge >= 0.3 is 6.03 Å². The third-order valence-electron chi connectivity index (χ3n) is 5.35. The van der Waals surface area contributed by atoms with Gasteiger partial charge in [0, 0.05) is 23.4 Å². The number of hydrogen-bond donors (Lipinski definition) is 1. The summed E-state index contributed by atoms with van der Waals surface area (Å²) in [6.07, 6.45) is 1.92. The van der Waals surface area contributed by atoms with Crippen LogP contribution < -0.4 is 5.32 Å². The minimum atomic E-state index is -0.0880. The van der Waals surface area contributed by atoms with Crippen LogP contribution in [0.2, 0.25) is 0 Å². The molecule has 0 bridgehead atoms. The lowest BCUT2D eigenvalue weighted by molar-refractivity contribution is 0.207. The second kappa shape index (κ2) is 8.63. The predicted octanol–water partition coefficient (Wildman–Crippen LogP) is 6.07. The zero-order valence-electron chi connectivity index (χ0n) is 16.9. The number of urea groups is 1. The number of hydrogen-bond acceptors (Lipinski definition) is 3. The lowest BCUT2D eigenvalue weighted by Gasteiger charge is -2.23. The number of nitrogens with zero attached hydrogens (tertiary/aromatic N) is 2. The van der Waals surface area contributed by atoms with Crippen LogP contribution in [-0.4, -0.2) is 22.5 Å². The monoisotopic (exact) mass is 423 g/mol. The molecule has 1 aromatic heterocycles. The first kappa shape index (κ1) is 19.3. The number of anilines is 1. The molecule has 1 aliphatic heterocycles. The summed E-state index contributed by atoms with van der Waals surface area (Å²) in [6, 6.07) is 25.6. The Morgan fingerprint density at radius 3 is 2.61 bits per heavy atom. The fraction of sp³-hybridized carbons (Fsp3) is 0.154. The molecule has 0 spiro atoms. The molecular formula is C26H21N3OS. The molecule has 4 aromatic rings. The third-order valence-corrected chi connectivity index (χ3v) is 6.49. The van der Waals surface area contributed by atoms with Crippen LogP contribution in [0.4, 0.5) is 10.5 Å². The Kier molecular flexibility index (Phi) is 5.39. The van der Waals surface area contributed by atoms with Crippen molar-refractivity contribution in [3.8, 4) is 11.8 Å². The number of benzene rings is 3. The van der Waals surface area contributed by atoms with Crippen molar-refractivity contribution in [2.75, 3.05) is 11.9 Å². The fourth-order valence-corrected chi connectivity index (χ4v) is 4.95. The summed E-state index contributed by atoms with van der Waals surface area (Å²) < 4.78 is 1.16. The van der Waals surface area contributed by atoms with Crippen LogP contribution in [0, 0.1) is 11.8 Å². The Hall–Kier alpha value is -3.62. The van der Waals surface area contributed by atoms with Crippen molar-refractivity contribution in [1.29, 1.82) is 0 Å². The molecule has 1 atom stereocenters. The maximum Gasteiger partial charge on any atom is 0.322 e. The van der Waals surface area contributed by atoms with Gasteiger partial charge in [0.1, 0.15) is 5.01 Å². The summed E-state index contributed by atoms with van der Waals surface area (Å²) >= 11 is 1.68. The Balaban J connectivity index is 1.32. The third kappa shape index (κ3) is 4.30. The van der Waals surface area contributed by atoms with Gasteiger partial charge < -0.3 is 10.2 Å². The lowest BCUT2D eigenvalue weighted by atomic mass is 10.1. The molecule has 1 N–H and O–H groups in total. The second-order valence-corrected chi connectivity index (χ2v) is 8.56. The molecule has 3 aromatic carbocycles. The zero-order chi connectivity index (χ0) is 21.0. The van der Waals surface area contributed by atoms with E-state index >= 15 is 0 Å². The number of likely N-dealkylation sites (tertiary alicyclic amines) is 1. The van der Waals surface area contributed by atoms with Gasteiger partial charge in [-0.05, 0) is 55.3 Å². The SMILES string of the molecule is O=C(Nc1cccc(C#Cc2ccccc2)c1)N1CCCC1c1nc2ccccc2s1. The Labute approximate surface area is 185 Å².